The van der Waals surface area contributed by atoms with Crippen LogP contribution in [0.3, 0.4) is 0 Å². The lowest BCUT2D eigenvalue weighted by molar-refractivity contribution is -0.142. The highest BCUT2D eigenvalue weighted by Gasteiger charge is 2.44. The molecule has 0 saturated carbocycles. The summed E-state index contributed by atoms with van der Waals surface area (Å²) in [4.78, 5) is 24.3. The van der Waals surface area contributed by atoms with Crippen LogP contribution in [-0.2, 0) is 14.8 Å². The molecule has 7 nitrogen and oxygen atoms in total. The fraction of sp³-hybridized carbons (Fsp3) is 0.391. The van der Waals surface area contributed by atoms with Crippen molar-refractivity contribution in [3.63, 3.8) is 0 Å². The molecule has 0 radical (unpaired) electrons. The lowest BCUT2D eigenvalue weighted by Gasteiger charge is -2.32. The number of ether oxygens (including phenoxy) is 1. The fourth-order valence-electron chi connectivity index (χ4n) is 4.25. The van der Waals surface area contributed by atoms with Gasteiger partial charge in [0.1, 0.15) is 29.1 Å². The minimum absolute atomic E-state index is 0.00686. The standard InChI is InChI=1S/C23H26FNO6S/c1-12-10-17(16(5)26)22-19(11-12)31-9-8-25(32(22,29)30)21(23(27)28)15(4)20-14(3)13(2)6-7-18(20)24/h6-7,10-11,15,21H,8-9H2,1-5H3,(H,27,28)/t15?,21-/m0/s1. The maximum atomic E-state index is 14.8. The molecule has 0 fully saturated rings. The van der Waals surface area contributed by atoms with Crippen molar-refractivity contribution in [2.75, 3.05) is 13.2 Å². The number of aliphatic carboxylic acids is 1. The minimum atomic E-state index is -4.46. The summed E-state index contributed by atoms with van der Waals surface area (Å²) in [5.41, 5.74) is 2.04. The highest BCUT2D eigenvalue weighted by molar-refractivity contribution is 7.89. The van der Waals surface area contributed by atoms with Crippen LogP contribution in [0.4, 0.5) is 4.39 Å². The summed E-state index contributed by atoms with van der Waals surface area (Å²) in [6.45, 7) is 7.51. The molecule has 172 valence electrons. The Hall–Kier alpha value is -2.78. The third-order valence-electron chi connectivity index (χ3n) is 5.94. The highest BCUT2D eigenvalue weighted by atomic mass is 32.2. The number of hydrogen-bond donors (Lipinski definition) is 1. The van der Waals surface area contributed by atoms with E-state index in [1.807, 2.05) is 0 Å². The van der Waals surface area contributed by atoms with Gasteiger partial charge in [0, 0.05) is 18.0 Å². The molecule has 2 atom stereocenters. The van der Waals surface area contributed by atoms with Crippen molar-refractivity contribution in [2.45, 2.75) is 51.5 Å². The van der Waals surface area contributed by atoms with Gasteiger partial charge in [-0.25, -0.2) is 12.8 Å². The van der Waals surface area contributed by atoms with Gasteiger partial charge in [0.05, 0.1) is 0 Å². The van der Waals surface area contributed by atoms with E-state index in [0.717, 1.165) is 9.87 Å². The summed E-state index contributed by atoms with van der Waals surface area (Å²) in [5.74, 6) is -3.50. The number of Topliss-reactive ketones (excluding diaryl/α,β-unsaturated/α-hetero) is 1. The van der Waals surface area contributed by atoms with E-state index in [2.05, 4.69) is 0 Å². The molecule has 9 heteroatoms. The van der Waals surface area contributed by atoms with Crippen molar-refractivity contribution in [1.82, 2.24) is 4.31 Å². The van der Waals surface area contributed by atoms with Gasteiger partial charge in [-0.3, -0.25) is 9.59 Å². The molecule has 1 aliphatic heterocycles. The first-order chi connectivity index (χ1) is 14.9. The Bertz CT molecular complexity index is 1210. The predicted octanol–water partition coefficient (Wildman–Crippen LogP) is 3.59. The number of benzene rings is 2. The molecule has 0 bridgehead atoms. The number of sulfonamides is 1. The first-order valence-corrected chi connectivity index (χ1v) is 11.6. The van der Waals surface area contributed by atoms with Gasteiger partial charge < -0.3 is 9.84 Å². The van der Waals surface area contributed by atoms with Crippen molar-refractivity contribution in [3.8, 4) is 5.75 Å². The number of nitrogens with zero attached hydrogens (tertiary/aromatic N) is 1. The number of fused-ring (bicyclic) bond motifs is 1. The Morgan fingerprint density at radius 2 is 1.84 bits per heavy atom. The van der Waals surface area contributed by atoms with Crippen LogP contribution in [0.5, 0.6) is 5.75 Å². The number of hydrogen-bond acceptors (Lipinski definition) is 5. The number of rotatable bonds is 5. The second-order valence-corrected chi connectivity index (χ2v) is 9.96. The van der Waals surface area contributed by atoms with Crippen LogP contribution in [0.25, 0.3) is 0 Å². The zero-order valence-electron chi connectivity index (χ0n) is 18.6. The molecule has 32 heavy (non-hydrogen) atoms. The molecular formula is C23H26FNO6S. The van der Waals surface area contributed by atoms with E-state index in [4.69, 9.17) is 4.74 Å². The Labute approximate surface area is 186 Å². The van der Waals surface area contributed by atoms with Gasteiger partial charge in [0.2, 0.25) is 10.0 Å². The second-order valence-electron chi connectivity index (χ2n) is 8.13. The van der Waals surface area contributed by atoms with E-state index in [-0.39, 0.29) is 34.9 Å². The second kappa shape index (κ2) is 8.63. The number of carboxylic acids is 1. The molecule has 0 spiro atoms. The number of halogens is 1. The number of ketones is 1. The first-order valence-electron chi connectivity index (χ1n) is 10.2. The van der Waals surface area contributed by atoms with E-state index in [1.54, 1.807) is 26.8 Å². The molecule has 0 aliphatic carbocycles. The van der Waals surface area contributed by atoms with Gasteiger partial charge in [-0.2, -0.15) is 4.31 Å². The monoisotopic (exact) mass is 463 g/mol. The third-order valence-corrected chi connectivity index (χ3v) is 7.90. The van der Waals surface area contributed by atoms with Crippen LogP contribution < -0.4 is 4.74 Å². The molecule has 0 aromatic heterocycles. The van der Waals surface area contributed by atoms with Crippen LogP contribution in [0, 0.1) is 26.6 Å². The van der Waals surface area contributed by atoms with Crippen LogP contribution in [0.15, 0.2) is 29.2 Å². The van der Waals surface area contributed by atoms with E-state index in [9.17, 15) is 27.5 Å². The van der Waals surface area contributed by atoms with Gasteiger partial charge in [-0.15, -0.1) is 0 Å². The molecule has 2 aromatic carbocycles. The van der Waals surface area contributed by atoms with Crippen molar-refractivity contribution < 1.29 is 32.2 Å². The average Bonchev–Trinajstić information content (AvgIpc) is 2.80. The van der Waals surface area contributed by atoms with Crippen molar-refractivity contribution in [1.29, 1.82) is 0 Å². The molecular weight excluding hydrogens is 437 g/mol. The van der Waals surface area contributed by atoms with Gasteiger partial charge in [-0.1, -0.05) is 13.0 Å². The summed E-state index contributed by atoms with van der Waals surface area (Å²) in [6.07, 6.45) is 0. The Morgan fingerprint density at radius 1 is 1.19 bits per heavy atom. The normalized spacial score (nSPS) is 17.6. The van der Waals surface area contributed by atoms with Crippen LogP contribution in [-0.4, -0.2) is 48.8 Å². The zero-order chi connectivity index (χ0) is 24.0. The summed E-state index contributed by atoms with van der Waals surface area (Å²) < 4.78 is 48.6. The molecule has 0 saturated heterocycles. The number of carboxylic acid groups (broad SMARTS) is 1. The number of carbonyl (C=O) groups is 2. The fourth-order valence-corrected chi connectivity index (χ4v) is 6.23. The minimum Gasteiger partial charge on any atom is -0.491 e. The summed E-state index contributed by atoms with van der Waals surface area (Å²) >= 11 is 0. The lowest BCUT2D eigenvalue weighted by Crippen LogP contribution is -2.49. The molecule has 3 rings (SSSR count). The number of carbonyl (C=O) groups excluding carboxylic acids is 1. The van der Waals surface area contributed by atoms with E-state index < -0.39 is 39.6 Å². The summed E-state index contributed by atoms with van der Waals surface area (Å²) in [5, 5.41) is 10.1. The first kappa shape index (κ1) is 23.9. The van der Waals surface area contributed by atoms with E-state index in [1.165, 1.54) is 32.0 Å². The summed E-state index contributed by atoms with van der Waals surface area (Å²) in [6, 6.07) is 4.18. The van der Waals surface area contributed by atoms with Gasteiger partial charge in [0.15, 0.2) is 5.78 Å². The maximum absolute atomic E-state index is 14.8. The predicted molar refractivity (Wildman–Crippen MR) is 116 cm³/mol. The Balaban J connectivity index is 2.23. The average molecular weight is 464 g/mol. The quantitative estimate of drug-likeness (QED) is 0.680. The van der Waals surface area contributed by atoms with Crippen molar-refractivity contribution >= 4 is 21.8 Å². The summed E-state index contributed by atoms with van der Waals surface area (Å²) in [7, 11) is -4.46. The van der Waals surface area contributed by atoms with Gasteiger partial charge >= 0.3 is 5.97 Å². The van der Waals surface area contributed by atoms with Crippen LogP contribution in [0.1, 0.15) is 52.4 Å². The zero-order valence-corrected chi connectivity index (χ0v) is 19.4. The smallest absolute Gasteiger partial charge is 0.322 e. The molecule has 2 aromatic rings. The molecule has 1 N–H and O–H groups in total. The van der Waals surface area contributed by atoms with Crippen LogP contribution >= 0.6 is 0 Å². The van der Waals surface area contributed by atoms with Crippen LogP contribution in [0.2, 0.25) is 0 Å². The SMILES string of the molecule is CC(=O)c1cc(C)cc2c1S(=O)(=O)N([C@H](C(=O)O)C(C)c1c(F)ccc(C)c1C)CCO2. The number of aryl methyl sites for hydroxylation is 2. The topological polar surface area (TPSA) is 101 Å². The van der Waals surface area contributed by atoms with Crippen molar-refractivity contribution in [3.05, 3.63) is 57.9 Å². The Kier molecular flexibility index (Phi) is 6.44. The Morgan fingerprint density at radius 3 is 2.44 bits per heavy atom. The lowest BCUT2D eigenvalue weighted by atomic mass is 9.87. The van der Waals surface area contributed by atoms with Gasteiger partial charge in [-0.05, 0) is 68.1 Å². The molecule has 1 heterocycles. The van der Waals surface area contributed by atoms with E-state index in [0.29, 0.717) is 11.1 Å². The third kappa shape index (κ3) is 4.02. The van der Waals surface area contributed by atoms with Crippen molar-refractivity contribution in [2.24, 2.45) is 0 Å². The largest absolute Gasteiger partial charge is 0.491 e. The van der Waals surface area contributed by atoms with Gasteiger partial charge in [0.25, 0.3) is 0 Å². The molecule has 1 unspecified atom stereocenters. The molecule has 0 amide bonds. The highest BCUT2D eigenvalue weighted by Crippen LogP contribution is 2.38. The molecule has 1 aliphatic rings. The van der Waals surface area contributed by atoms with E-state index >= 15 is 0 Å². The maximum Gasteiger partial charge on any atom is 0.322 e.